The van der Waals surface area contributed by atoms with Gasteiger partial charge < -0.3 is 10.2 Å². The third-order valence-electron chi connectivity index (χ3n) is 3.60. The molecule has 2 fully saturated rings. The Bertz CT molecular complexity index is 183. The van der Waals surface area contributed by atoms with Gasteiger partial charge in [0, 0.05) is 31.7 Å². The first kappa shape index (κ1) is 10.4. The van der Waals surface area contributed by atoms with Crippen LogP contribution in [0.4, 0.5) is 0 Å². The Hall–Kier alpha value is -0.120. The quantitative estimate of drug-likeness (QED) is 0.655. The van der Waals surface area contributed by atoms with E-state index in [0.717, 1.165) is 12.1 Å². The van der Waals surface area contributed by atoms with Crippen LogP contribution in [0.2, 0.25) is 0 Å². The summed E-state index contributed by atoms with van der Waals surface area (Å²) in [7, 11) is 2.24. The van der Waals surface area contributed by atoms with Crippen LogP contribution < -0.4 is 5.32 Å². The molecule has 0 aromatic rings. The summed E-state index contributed by atoms with van der Waals surface area (Å²) in [4.78, 5) is 5.13. The Morgan fingerprint density at radius 2 is 2.00 bits per heavy atom. The molecule has 3 heteroatoms. The van der Waals surface area contributed by atoms with E-state index in [1.807, 2.05) is 0 Å². The normalized spacial score (nSPS) is 37.3. The predicted molar refractivity (Wildman–Crippen MR) is 59.6 cm³/mol. The molecule has 2 aliphatic heterocycles. The Morgan fingerprint density at radius 1 is 1.14 bits per heavy atom. The summed E-state index contributed by atoms with van der Waals surface area (Å²) in [5, 5.41) is 3.54. The van der Waals surface area contributed by atoms with Crippen molar-refractivity contribution < 1.29 is 0 Å². The molecule has 0 amide bonds. The molecule has 1 N–H and O–H groups in total. The van der Waals surface area contributed by atoms with Gasteiger partial charge in [-0.25, -0.2) is 0 Å². The molecule has 82 valence electrons. The predicted octanol–water partition coefficient (Wildman–Crippen LogP) is 0.374. The summed E-state index contributed by atoms with van der Waals surface area (Å²) in [6, 6.07) is 1.53. The number of nitrogens with one attached hydrogen (secondary N) is 1. The van der Waals surface area contributed by atoms with Crippen molar-refractivity contribution in [3.05, 3.63) is 0 Å². The summed E-state index contributed by atoms with van der Waals surface area (Å²) in [6.07, 6.45) is 2.67. The van der Waals surface area contributed by atoms with Crippen molar-refractivity contribution >= 4 is 0 Å². The SMILES string of the molecule is CC1CC(N2CCCN(C)CC2)CN1. The van der Waals surface area contributed by atoms with Crippen molar-refractivity contribution in [3.63, 3.8) is 0 Å². The summed E-state index contributed by atoms with van der Waals surface area (Å²) in [5.41, 5.74) is 0. The van der Waals surface area contributed by atoms with Gasteiger partial charge in [0.2, 0.25) is 0 Å². The third-order valence-corrected chi connectivity index (χ3v) is 3.60. The van der Waals surface area contributed by atoms with Crippen molar-refractivity contribution in [1.29, 1.82) is 0 Å². The van der Waals surface area contributed by atoms with E-state index in [1.165, 1.54) is 45.6 Å². The largest absolute Gasteiger partial charge is 0.313 e. The van der Waals surface area contributed by atoms with Gasteiger partial charge in [0.1, 0.15) is 0 Å². The van der Waals surface area contributed by atoms with Crippen molar-refractivity contribution in [2.45, 2.75) is 31.8 Å². The first-order chi connectivity index (χ1) is 6.75. The van der Waals surface area contributed by atoms with Crippen molar-refractivity contribution in [3.8, 4) is 0 Å². The third kappa shape index (κ3) is 2.47. The van der Waals surface area contributed by atoms with Crippen LogP contribution >= 0.6 is 0 Å². The minimum atomic E-state index is 0.723. The maximum absolute atomic E-state index is 3.54. The minimum absolute atomic E-state index is 0.723. The van der Waals surface area contributed by atoms with Crippen LogP contribution in [0.5, 0.6) is 0 Å². The monoisotopic (exact) mass is 197 g/mol. The van der Waals surface area contributed by atoms with Gasteiger partial charge in [-0.2, -0.15) is 0 Å². The van der Waals surface area contributed by atoms with Gasteiger partial charge in [0.15, 0.2) is 0 Å². The highest BCUT2D eigenvalue weighted by molar-refractivity contribution is 4.86. The van der Waals surface area contributed by atoms with Crippen molar-refractivity contribution in [1.82, 2.24) is 15.1 Å². The summed E-state index contributed by atoms with van der Waals surface area (Å²) >= 11 is 0. The van der Waals surface area contributed by atoms with Crippen molar-refractivity contribution in [2.75, 3.05) is 39.8 Å². The lowest BCUT2D eigenvalue weighted by Gasteiger charge is -2.26. The molecular weight excluding hydrogens is 174 g/mol. The van der Waals surface area contributed by atoms with E-state index in [-0.39, 0.29) is 0 Å². The number of likely N-dealkylation sites (N-methyl/N-ethyl adjacent to an activating group) is 1. The highest BCUT2D eigenvalue weighted by Gasteiger charge is 2.27. The van der Waals surface area contributed by atoms with Crippen LogP contribution in [0, 0.1) is 0 Å². The van der Waals surface area contributed by atoms with Gasteiger partial charge in [-0.3, -0.25) is 4.90 Å². The lowest BCUT2D eigenvalue weighted by atomic mass is 10.1. The van der Waals surface area contributed by atoms with Crippen LogP contribution in [0.15, 0.2) is 0 Å². The molecule has 0 saturated carbocycles. The first-order valence-electron chi connectivity index (χ1n) is 5.91. The Balaban J connectivity index is 1.84. The van der Waals surface area contributed by atoms with Crippen molar-refractivity contribution in [2.24, 2.45) is 0 Å². The molecule has 3 nitrogen and oxygen atoms in total. The second kappa shape index (κ2) is 4.60. The summed E-state index contributed by atoms with van der Waals surface area (Å²) in [6.45, 7) is 8.56. The molecule has 0 aliphatic carbocycles. The Kier molecular flexibility index (Phi) is 3.42. The molecule has 2 saturated heterocycles. The van der Waals surface area contributed by atoms with E-state index >= 15 is 0 Å². The smallest absolute Gasteiger partial charge is 0.0235 e. The van der Waals surface area contributed by atoms with Gasteiger partial charge in [0.05, 0.1) is 0 Å². The fourth-order valence-corrected chi connectivity index (χ4v) is 2.62. The van der Waals surface area contributed by atoms with Crippen LogP contribution in [0.1, 0.15) is 19.8 Å². The fourth-order valence-electron chi connectivity index (χ4n) is 2.62. The lowest BCUT2D eigenvalue weighted by molar-refractivity contribution is 0.212. The molecule has 0 bridgehead atoms. The molecule has 2 aliphatic rings. The highest BCUT2D eigenvalue weighted by atomic mass is 15.2. The number of nitrogens with zero attached hydrogens (tertiary/aromatic N) is 2. The molecule has 2 unspecified atom stereocenters. The van der Waals surface area contributed by atoms with Gasteiger partial charge in [-0.15, -0.1) is 0 Å². The average Bonchev–Trinajstić information content (AvgIpc) is 2.46. The van der Waals surface area contributed by atoms with E-state index in [2.05, 4.69) is 29.1 Å². The van der Waals surface area contributed by atoms with Crippen LogP contribution in [-0.2, 0) is 0 Å². The van der Waals surface area contributed by atoms with E-state index in [4.69, 9.17) is 0 Å². The lowest BCUT2D eigenvalue weighted by Crippen LogP contribution is -2.39. The molecule has 0 aromatic heterocycles. The van der Waals surface area contributed by atoms with E-state index in [1.54, 1.807) is 0 Å². The second-order valence-electron chi connectivity index (χ2n) is 4.89. The standard InChI is InChI=1S/C11H23N3/c1-10-8-11(9-12-10)14-5-3-4-13(2)6-7-14/h10-12H,3-9H2,1-2H3. The fraction of sp³-hybridized carbons (Fsp3) is 1.00. The zero-order chi connectivity index (χ0) is 9.97. The number of hydrogen-bond acceptors (Lipinski definition) is 3. The molecular formula is C11H23N3. The van der Waals surface area contributed by atoms with E-state index in [0.29, 0.717) is 0 Å². The Morgan fingerprint density at radius 3 is 2.71 bits per heavy atom. The van der Waals surface area contributed by atoms with Gasteiger partial charge in [-0.05, 0) is 39.9 Å². The molecule has 14 heavy (non-hydrogen) atoms. The van der Waals surface area contributed by atoms with Crippen LogP contribution in [0.25, 0.3) is 0 Å². The highest BCUT2D eigenvalue weighted by Crippen LogP contribution is 2.15. The zero-order valence-electron chi connectivity index (χ0n) is 9.50. The van der Waals surface area contributed by atoms with Crippen LogP contribution in [0.3, 0.4) is 0 Å². The second-order valence-corrected chi connectivity index (χ2v) is 4.89. The van der Waals surface area contributed by atoms with Gasteiger partial charge in [-0.1, -0.05) is 0 Å². The molecule has 2 atom stereocenters. The minimum Gasteiger partial charge on any atom is -0.313 e. The van der Waals surface area contributed by atoms with E-state index in [9.17, 15) is 0 Å². The van der Waals surface area contributed by atoms with E-state index < -0.39 is 0 Å². The maximum atomic E-state index is 3.54. The van der Waals surface area contributed by atoms with Crippen LogP contribution in [-0.4, -0.2) is 61.7 Å². The Labute approximate surface area is 87.4 Å². The first-order valence-corrected chi connectivity index (χ1v) is 5.91. The molecule has 0 spiro atoms. The van der Waals surface area contributed by atoms with Gasteiger partial charge in [0.25, 0.3) is 0 Å². The molecule has 0 radical (unpaired) electrons. The van der Waals surface area contributed by atoms with Gasteiger partial charge >= 0.3 is 0 Å². The average molecular weight is 197 g/mol. The maximum Gasteiger partial charge on any atom is 0.0235 e. The molecule has 2 rings (SSSR count). The molecule has 0 aromatic carbocycles. The number of rotatable bonds is 1. The topological polar surface area (TPSA) is 18.5 Å². The number of hydrogen-bond donors (Lipinski definition) is 1. The zero-order valence-corrected chi connectivity index (χ0v) is 9.50. The summed E-state index contributed by atoms with van der Waals surface area (Å²) < 4.78 is 0. The summed E-state index contributed by atoms with van der Waals surface area (Å²) in [5.74, 6) is 0. The molecule has 2 heterocycles.